The quantitative estimate of drug-likeness (QED) is 0.680. The SMILES string of the molecule is Cc1cc(C)nc(NS(=O)(=O)c2ccc(NS(=O)(=O)O)cc2)n1. The number of sulfonamides is 1. The minimum absolute atomic E-state index is 0.0223. The van der Waals surface area contributed by atoms with E-state index in [0.717, 1.165) is 0 Å². The molecule has 3 N–H and O–H groups in total. The molecule has 124 valence electrons. The Morgan fingerprint density at radius 1 is 0.913 bits per heavy atom. The molecule has 23 heavy (non-hydrogen) atoms. The normalized spacial score (nSPS) is 12.0. The molecule has 1 heterocycles. The van der Waals surface area contributed by atoms with E-state index in [2.05, 4.69) is 14.7 Å². The van der Waals surface area contributed by atoms with Crippen LogP contribution in [0.2, 0.25) is 0 Å². The van der Waals surface area contributed by atoms with Crippen molar-refractivity contribution in [2.75, 3.05) is 9.44 Å². The summed E-state index contributed by atoms with van der Waals surface area (Å²) in [6.07, 6.45) is 0. The van der Waals surface area contributed by atoms with Gasteiger partial charge in [-0.25, -0.2) is 23.1 Å². The predicted octanol–water partition coefficient (Wildman–Crippen LogP) is 1.11. The van der Waals surface area contributed by atoms with Gasteiger partial charge in [0, 0.05) is 11.4 Å². The van der Waals surface area contributed by atoms with Gasteiger partial charge in [-0.2, -0.15) is 8.42 Å². The number of nitrogens with zero attached hydrogens (tertiary/aromatic N) is 2. The molecule has 9 nitrogen and oxygen atoms in total. The third-order valence-electron chi connectivity index (χ3n) is 2.62. The van der Waals surface area contributed by atoms with Crippen molar-refractivity contribution in [1.29, 1.82) is 0 Å². The highest BCUT2D eigenvalue weighted by Crippen LogP contribution is 2.17. The summed E-state index contributed by atoms with van der Waals surface area (Å²) in [5.74, 6) is -0.0531. The molecular weight excluding hydrogens is 344 g/mol. The highest BCUT2D eigenvalue weighted by Gasteiger charge is 2.16. The molecule has 0 aliphatic carbocycles. The van der Waals surface area contributed by atoms with Gasteiger partial charge in [0.1, 0.15) is 0 Å². The molecule has 0 aliphatic heterocycles. The number of aromatic nitrogens is 2. The lowest BCUT2D eigenvalue weighted by molar-refractivity contribution is 0.489. The Kier molecular flexibility index (Phi) is 4.54. The molecule has 1 aromatic heterocycles. The number of hydrogen-bond acceptors (Lipinski definition) is 6. The van der Waals surface area contributed by atoms with Crippen LogP contribution in [0.3, 0.4) is 0 Å². The second-order valence-corrected chi connectivity index (χ2v) is 7.52. The summed E-state index contributed by atoms with van der Waals surface area (Å²) in [6, 6.07) is 6.46. The van der Waals surface area contributed by atoms with Crippen LogP contribution >= 0.6 is 0 Å². The third kappa shape index (κ3) is 4.87. The molecule has 0 unspecified atom stereocenters. The Hall–Kier alpha value is -2.24. The van der Waals surface area contributed by atoms with Crippen molar-refractivity contribution in [2.45, 2.75) is 18.7 Å². The molecule has 2 aromatic rings. The Balaban J connectivity index is 2.25. The molecule has 0 saturated carbocycles. The van der Waals surface area contributed by atoms with Crippen LogP contribution in [0.1, 0.15) is 11.4 Å². The summed E-state index contributed by atoms with van der Waals surface area (Å²) in [6.45, 7) is 3.42. The number of hydrogen-bond donors (Lipinski definition) is 3. The molecular formula is C12H14N4O5S2. The summed E-state index contributed by atoms with van der Waals surface area (Å²) in [7, 11) is -8.34. The van der Waals surface area contributed by atoms with E-state index in [1.807, 2.05) is 4.72 Å². The van der Waals surface area contributed by atoms with E-state index in [9.17, 15) is 16.8 Å². The van der Waals surface area contributed by atoms with Crippen LogP contribution in [0, 0.1) is 13.8 Å². The second-order valence-electron chi connectivity index (χ2n) is 4.68. The van der Waals surface area contributed by atoms with E-state index < -0.39 is 20.3 Å². The average molecular weight is 358 g/mol. The Labute approximate surface area is 133 Å². The average Bonchev–Trinajstić information content (AvgIpc) is 2.35. The third-order valence-corrected chi connectivity index (χ3v) is 4.46. The summed E-state index contributed by atoms with van der Waals surface area (Å²) >= 11 is 0. The highest BCUT2D eigenvalue weighted by atomic mass is 32.2. The van der Waals surface area contributed by atoms with Crippen molar-refractivity contribution in [3.63, 3.8) is 0 Å². The summed E-state index contributed by atoms with van der Waals surface area (Å²) in [5, 5.41) is 0. The van der Waals surface area contributed by atoms with Gasteiger partial charge in [-0.05, 0) is 44.2 Å². The molecule has 0 aliphatic rings. The molecule has 0 atom stereocenters. The minimum Gasteiger partial charge on any atom is -0.269 e. The molecule has 0 spiro atoms. The smallest absolute Gasteiger partial charge is 0.269 e. The van der Waals surface area contributed by atoms with Gasteiger partial charge in [-0.1, -0.05) is 0 Å². The maximum atomic E-state index is 12.2. The zero-order valence-corrected chi connectivity index (χ0v) is 13.8. The van der Waals surface area contributed by atoms with Gasteiger partial charge >= 0.3 is 10.3 Å². The van der Waals surface area contributed by atoms with Crippen molar-refractivity contribution in [3.05, 3.63) is 41.7 Å². The Bertz CT molecular complexity index is 904. The van der Waals surface area contributed by atoms with Gasteiger partial charge < -0.3 is 0 Å². The summed E-state index contributed by atoms with van der Waals surface area (Å²) < 4.78 is 58.6. The summed E-state index contributed by atoms with van der Waals surface area (Å²) in [5.41, 5.74) is 1.25. The lowest BCUT2D eigenvalue weighted by Gasteiger charge is -2.09. The van der Waals surface area contributed by atoms with E-state index in [-0.39, 0.29) is 16.5 Å². The van der Waals surface area contributed by atoms with E-state index in [0.29, 0.717) is 11.4 Å². The largest absolute Gasteiger partial charge is 0.357 e. The molecule has 0 bridgehead atoms. The molecule has 11 heteroatoms. The van der Waals surface area contributed by atoms with Gasteiger partial charge in [-0.3, -0.25) is 9.27 Å². The van der Waals surface area contributed by atoms with Crippen molar-refractivity contribution < 1.29 is 21.4 Å². The van der Waals surface area contributed by atoms with Crippen LogP contribution in [0.25, 0.3) is 0 Å². The zero-order valence-electron chi connectivity index (χ0n) is 12.2. The molecule has 0 amide bonds. The summed E-state index contributed by atoms with van der Waals surface area (Å²) in [4.78, 5) is 7.86. The van der Waals surface area contributed by atoms with E-state index in [1.165, 1.54) is 24.3 Å². The zero-order chi connectivity index (χ0) is 17.3. The van der Waals surface area contributed by atoms with E-state index >= 15 is 0 Å². The molecule has 1 aromatic carbocycles. The second kappa shape index (κ2) is 6.10. The van der Waals surface area contributed by atoms with Crippen LogP contribution in [0.5, 0.6) is 0 Å². The van der Waals surface area contributed by atoms with Crippen LogP contribution in [0.4, 0.5) is 11.6 Å². The van der Waals surface area contributed by atoms with Crippen LogP contribution in [-0.4, -0.2) is 31.4 Å². The van der Waals surface area contributed by atoms with Crippen LogP contribution in [-0.2, 0) is 20.3 Å². The van der Waals surface area contributed by atoms with Crippen molar-refractivity contribution in [1.82, 2.24) is 9.97 Å². The fourth-order valence-corrected chi connectivity index (χ4v) is 3.18. The number of aryl methyl sites for hydroxylation is 2. The first-order valence-corrected chi connectivity index (χ1v) is 9.18. The fourth-order valence-electron chi connectivity index (χ4n) is 1.80. The standard InChI is InChI=1S/C12H14N4O5S2/c1-8-7-9(2)14-12(13-8)16-22(17,18)11-5-3-10(4-6-11)15-23(19,20)21/h3-7,15H,1-2H3,(H,13,14,16)(H,19,20,21). The van der Waals surface area contributed by atoms with Gasteiger partial charge in [0.2, 0.25) is 5.95 Å². The minimum atomic E-state index is -4.42. The number of nitrogens with one attached hydrogen (secondary N) is 2. The first kappa shape index (κ1) is 17.1. The first-order valence-electron chi connectivity index (χ1n) is 6.25. The maximum Gasteiger partial charge on any atom is 0.357 e. The molecule has 0 fully saturated rings. The van der Waals surface area contributed by atoms with E-state index in [4.69, 9.17) is 4.55 Å². The number of rotatable bonds is 5. The van der Waals surface area contributed by atoms with Gasteiger partial charge in [0.15, 0.2) is 0 Å². The number of benzene rings is 1. The highest BCUT2D eigenvalue weighted by molar-refractivity contribution is 7.92. The predicted molar refractivity (Wildman–Crippen MR) is 83.9 cm³/mol. The lowest BCUT2D eigenvalue weighted by atomic mass is 10.3. The van der Waals surface area contributed by atoms with Crippen LogP contribution < -0.4 is 9.44 Å². The fraction of sp³-hybridized carbons (Fsp3) is 0.167. The molecule has 0 saturated heterocycles. The van der Waals surface area contributed by atoms with Crippen molar-refractivity contribution >= 4 is 32.0 Å². The van der Waals surface area contributed by atoms with Gasteiger partial charge in [0.05, 0.1) is 10.6 Å². The van der Waals surface area contributed by atoms with Gasteiger partial charge in [0.25, 0.3) is 10.0 Å². The Morgan fingerprint density at radius 3 is 1.91 bits per heavy atom. The van der Waals surface area contributed by atoms with Crippen LogP contribution in [0.15, 0.2) is 35.2 Å². The molecule has 2 rings (SSSR count). The molecule has 0 radical (unpaired) electrons. The van der Waals surface area contributed by atoms with Crippen molar-refractivity contribution in [2.24, 2.45) is 0 Å². The first-order chi connectivity index (χ1) is 10.5. The van der Waals surface area contributed by atoms with Crippen molar-refractivity contribution in [3.8, 4) is 0 Å². The van der Waals surface area contributed by atoms with Gasteiger partial charge in [-0.15, -0.1) is 0 Å². The number of anilines is 2. The topological polar surface area (TPSA) is 138 Å². The Morgan fingerprint density at radius 2 is 1.43 bits per heavy atom. The maximum absolute atomic E-state index is 12.2. The monoisotopic (exact) mass is 358 g/mol. The lowest BCUT2D eigenvalue weighted by Crippen LogP contribution is -2.16. The van der Waals surface area contributed by atoms with E-state index in [1.54, 1.807) is 19.9 Å².